The number of rotatable bonds is 4. The molecule has 0 spiro atoms. The van der Waals surface area contributed by atoms with Gasteiger partial charge in [-0.05, 0) is 41.1 Å². The lowest BCUT2D eigenvalue weighted by Crippen LogP contribution is -2.06. The van der Waals surface area contributed by atoms with Crippen LogP contribution >= 0.6 is 58.4 Å². The van der Waals surface area contributed by atoms with Crippen molar-refractivity contribution in [2.75, 3.05) is 6.26 Å². The summed E-state index contributed by atoms with van der Waals surface area (Å²) in [5, 5.41) is 1.59. The zero-order valence-corrected chi connectivity index (χ0v) is 14.4. The quantitative estimate of drug-likeness (QED) is 0.777. The molecule has 0 unspecified atom stereocenters. The predicted molar refractivity (Wildman–Crippen MR) is 81.3 cm³/mol. The van der Waals surface area contributed by atoms with Gasteiger partial charge in [-0.25, -0.2) is 9.97 Å². The highest BCUT2D eigenvalue weighted by Gasteiger charge is 2.17. The van der Waals surface area contributed by atoms with Gasteiger partial charge in [0.1, 0.15) is 0 Å². The maximum absolute atomic E-state index is 4.48. The van der Waals surface area contributed by atoms with Crippen molar-refractivity contribution in [2.24, 2.45) is 0 Å². The van der Waals surface area contributed by atoms with Crippen LogP contribution in [0.15, 0.2) is 19.0 Å². The monoisotopic (exact) mass is 336 g/mol. The van der Waals surface area contributed by atoms with Gasteiger partial charge in [-0.3, -0.25) is 0 Å². The average molecular weight is 337 g/mol. The van der Waals surface area contributed by atoms with Crippen molar-refractivity contribution in [1.82, 2.24) is 18.7 Å². The lowest BCUT2D eigenvalue weighted by molar-refractivity contribution is 0.794. The Balaban J connectivity index is 2.02. The molecule has 0 amide bonds. The smallest absolute Gasteiger partial charge is 0.202 e. The van der Waals surface area contributed by atoms with Gasteiger partial charge in [0.25, 0.3) is 0 Å². The van der Waals surface area contributed by atoms with E-state index in [-0.39, 0.29) is 4.75 Å². The van der Waals surface area contributed by atoms with E-state index in [1.807, 2.05) is 6.26 Å². The van der Waals surface area contributed by atoms with Crippen LogP contribution in [0, 0.1) is 0 Å². The molecule has 0 radical (unpaired) electrons. The molecule has 0 bridgehead atoms. The van der Waals surface area contributed by atoms with E-state index in [0.29, 0.717) is 0 Å². The zero-order chi connectivity index (χ0) is 13.2. The SMILES string of the molecule is CSc1nc(Sc2nc(SC(C)(C)C)ns2)ns1. The minimum absolute atomic E-state index is 0.133. The van der Waals surface area contributed by atoms with Crippen molar-refractivity contribution in [3.8, 4) is 0 Å². The third-order valence-electron chi connectivity index (χ3n) is 1.53. The lowest BCUT2D eigenvalue weighted by atomic mass is 10.3. The van der Waals surface area contributed by atoms with E-state index in [1.54, 1.807) is 23.5 Å². The molecule has 0 atom stereocenters. The molecule has 0 saturated heterocycles. The number of nitrogens with zero attached hydrogens (tertiary/aromatic N) is 4. The van der Waals surface area contributed by atoms with Gasteiger partial charge < -0.3 is 0 Å². The molecule has 0 saturated carbocycles. The summed E-state index contributed by atoms with van der Waals surface area (Å²) in [5.41, 5.74) is 0. The third-order valence-corrected chi connectivity index (χ3v) is 6.03. The van der Waals surface area contributed by atoms with Crippen LogP contribution in [0.5, 0.6) is 0 Å². The van der Waals surface area contributed by atoms with Gasteiger partial charge in [-0.15, -0.1) is 0 Å². The summed E-state index contributed by atoms with van der Waals surface area (Å²) in [7, 11) is 0. The van der Waals surface area contributed by atoms with E-state index in [2.05, 4.69) is 39.5 Å². The van der Waals surface area contributed by atoms with Crippen LogP contribution in [0.3, 0.4) is 0 Å². The molecule has 2 aromatic heterocycles. The van der Waals surface area contributed by atoms with Crippen molar-refractivity contribution < 1.29 is 0 Å². The predicted octanol–water partition coefficient (Wildman–Crippen LogP) is 4.15. The van der Waals surface area contributed by atoms with Gasteiger partial charge in [0.15, 0.2) is 8.68 Å². The molecular formula is C9H12N4S5. The first-order valence-corrected chi connectivity index (χ1v) is 9.45. The average Bonchev–Trinajstić information content (AvgIpc) is 2.86. The maximum Gasteiger partial charge on any atom is 0.208 e. The van der Waals surface area contributed by atoms with Gasteiger partial charge in [0, 0.05) is 4.75 Å². The molecule has 2 heterocycles. The minimum atomic E-state index is 0.133. The van der Waals surface area contributed by atoms with Gasteiger partial charge in [-0.1, -0.05) is 44.3 Å². The van der Waals surface area contributed by atoms with Crippen LogP contribution in [0.2, 0.25) is 0 Å². The van der Waals surface area contributed by atoms with Crippen LogP contribution in [0.4, 0.5) is 0 Å². The Morgan fingerprint density at radius 3 is 2.17 bits per heavy atom. The first-order valence-electron chi connectivity index (χ1n) is 5.04. The molecule has 9 heteroatoms. The number of thioether (sulfide) groups is 2. The molecule has 2 rings (SSSR count). The van der Waals surface area contributed by atoms with Gasteiger partial charge >= 0.3 is 0 Å². The minimum Gasteiger partial charge on any atom is -0.202 e. The van der Waals surface area contributed by atoms with Crippen molar-refractivity contribution >= 4 is 58.4 Å². The second-order valence-electron chi connectivity index (χ2n) is 4.21. The standard InChI is InChI=1S/C9H12N4S5/c1-9(2,3)16-6-11-8(18-13-6)15-5-10-7(14-4)17-12-5/h1-4H3. The highest BCUT2D eigenvalue weighted by atomic mass is 32.2. The van der Waals surface area contributed by atoms with Crippen molar-refractivity contribution in [3.63, 3.8) is 0 Å². The summed E-state index contributed by atoms with van der Waals surface area (Å²) in [6, 6.07) is 0. The number of aromatic nitrogens is 4. The normalized spacial score (nSPS) is 12.0. The maximum atomic E-state index is 4.48. The molecule has 4 nitrogen and oxygen atoms in total. The highest BCUT2D eigenvalue weighted by molar-refractivity contribution is 8.02. The Labute approximate surface area is 127 Å². The second-order valence-corrected chi connectivity index (χ2v) is 9.77. The van der Waals surface area contributed by atoms with Crippen LogP contribution < -0.4 is 0 Å². The summed E-state index contributed by atoms with van der Waals surface area (Å²) in [4.78, 5) is 8.85. The van der Waals surface area contributed by atoms with E-state index < -0.39 is 0 Å². The highest BCUT2D eigenvalue weighted by Crippen LogP contribution is 2.35. The van der Waals surface area contributed by atoms with Crippen molar-refractivity contribution in [3.05, 3.63) is 0 Å². The van der Waals surface area contributed by atoms with E-state index in [9.17, 15) is 0 Å². The first kappa shape index (κ1) is 14.6. The summed E-state index contributed by atoms with van der Waals surface area (Å²) >= 11 is 7.58. The first-order chi connectivity index (χ1) is 8.46. The Kier molecular flexibility index (Phi) is 4.92. The molecule has 0 aliphatic heterocycles. The van der Waals surface area contributed by atoms with Gasteiger partial charge in [0.2, 0.25) is 10.3 Å². The van der Waals surface area contributed by atoms with E-state index in [0.717, 1.165) is 19.0 Å². The van der Waals surface area contributed by atoms with Gasteiger partial charge in [-0.2, -0.15) is 8.75 Å². The fourth-order valence-corrected chi connectivity index (χ4v) is 4.54. The summed E-state index contributed by atoms with van der Waals surface area (Å²) in [5.74, 6) is 0. The van der Waals surface area contributed by atoms with Gasteiger partial charge in [0.05, 0.1) is 0 Å². The Bertz CT molecular complexity index is 515. The van der Waals surface area contributed by atoms with Crippen LogP contribution in [-0.4, -0.2) is 29.7 Å². The summed E-state index contributed by atoms with van der Waals surface area (Å²) in [6.07, 6.45) is 2.00. The van der Waals surface area contributed by atoms with Crippen molar-refractivity contribution in [2.45, 2.75) is 44.5 Å². The van der Waals surface area contributed by atoms with Crippen LogP contribution in [0.1, 0.15) is 20.8 Å². The Morgan fingerprint density at radius 1 is 0.944 bits per heavy atom. The fraction of sp³-hybridized carbons (Fsp3) is 0.556. The van der Waals surface area contributed by atoms with E-state index >= 15 is 0 Å². The zero-order valence-electron chi connectivity index (χ0n) is 10.3. The van der Waals surface area contributed by atoms with Crippen molar-refractivity contribution in [1.29, 1.82) is 0 Å². The molecule has 0 aliphatic carbocycles. The number of hydrogen-bond donors (Lipinski definition) is 0. The molecule has 0 aromatic carbocycles. The summed E-state index contributed by atoms with van der Waals surface area (Å²) in [6.45, 7) is 6.45. The van der Waals surface area contributed by atoms with Crippen LogP contribution in [-0.2, 0) is 0 Å². The Hall–Kier alpha value is 0.170. The molecule has 0 aliphatic rings. The molecule has 18 heavy (non-hydrogen) atoms. The molecule has 0 fully saturated rings. The Morgan fingerprint density at radius 2 is 1.56 bits per heavy atom. The van der Waals surface area contributed by atoms with E-state index in [4.69, 9.17) is 0 Å². The lowest BCUT2D eigenvalue weighted by Gasteiger charge is -2.13. The fourth-order valence-electron chi connectivity index (χ4n) is 0.953. The second kappa shape index (κ2) is 6.08. The van der Waals surface area contributed by atoms with E-state index in [1.165, 1.54) is 34.8 Å². The molecule has 0 N–H and O–H groups in total. The number of hydrogen-bond acceptors (Lipinski definition) is 9. The molecule has 98 valence electrons. The summed E-state index contributed by atoms with van der Waals surface area (Å²) < 4.78 is 10.6. The van der Waals surface area contributed by atoms with Crippen LogP contribution in [0.25, 0.3) is 0 Å². The third kappa shape index (κ3) is 4.37. The topological polar surface area (TPSA) is 51.6 Å². The molecular weight excluding hydrogens is 324 g/mol. The largest absolute Gasteiger partial charge is 0.208 e. The molecule has 2 aromatic rings.